The highest BCUT2D eigenvalue weighted by atomic mass is 79.9. The van der Waals surface area contributed by atoms with Gasteiger partial charge in [-0.3, -0.25) is 9.59 Å². The predicted octanol–water partition coefficient (Wildman–Crippen LogP) is 4.32. The molecule has 0 aliphatic heterocycles. The molecule has 0 heterocycles. The second kappa shape index (κ2) is 10.3. The lowest BCUT2D eigenvalue weighted by molar-refractivity contribution is -0.140. The van der Waals surface area contributed by atoms with Crippen LogP contribution in [0.15, 0.2) is 59.1 Å². The number of hydrogen-bond donors (Lipinski definition) is 1. The van der Waals surface area contributed by atoms with Gasteiger partial charge in [0.05, 0.1) is 6.42 Å². The van der Waals surface area contributed by atoms with Crippen molar-refractivity contribution in [3.05, 3.63) is 70.2 Å². The first kappa shape index (κ1) is 21.2. The van der Waals surface area contributed by atoms with Crippen LogP contribution in [-0.4, -0.2) is 28.8 Å². The summed E-state index contributed by atoms with van der Waals surface area (Å²) < 4.78 is 0.982. The molecule has 4 nitrogen and oxygen atoms in total. The van der Waals surface area contributed by atoms with Gasteiger partial charge in [-0.15, -0.1) is 0 Å². The fourth-order valence-electron chi connectivity index (χ4n) is 2.71. The lowest BCUT2D eigenvalue weighted by atomic mass is 10.1. The molecule has 0 saturated carbocycles. The van der Waals surface area contributed by atoms with Gasteiger partial charge in [0.1, 0.15) is 6.04 Å². The SMILES string of the molecule is CC[C@@H](C)NC(=O)[C@@H](C)N(Cc1ccc(Br)cc1)C(=O)Cc1ccccc1. The Kier molecular flexibility index (Phi) is 8.04. The zero-order valence-corrected chi connectivity index (χ0v) is 17.7. The smallest absolute Gasteiger partial charge is 0.242 e. The maximum absolute atomic E-state index is 13.0. The van der Waals surface area contributed by atoms with Crippen molar-refractivity contribution < 1.29 is 9.59 Å². The number of carbonyl (C=O) groups excluding carboxylic acids is 2. The minimum atomic E-state index is -0.543. The molecule has 2 rings (SSSR count). The molecule has 2 atom stereocenters. The third kappa shape index (κ3) is 6.51. The highest BCUT2D eigenvalue weighted by Gasteiger charge is 2.26. The summed E-state index contributed by atoms with van der Waals surface area (Å²) in [7, 11) is 0. The third-order valence-corrected chi connectivity index (χ3v) is 5.16. The molecule has 0 aromatic heterocycles. The molecule has 0 unspecified atom stereocenters. The number of halogens is 1. The highest BCUT2D eigenvalue weighted by molar-refractivity contribution is 9.10. The number of benzene rings is 2. The number of nitrogens with zero attached hydrogens (tertiary/aromatic N) is 1. The highest BCUT2D eigenvalue weighted by Crippen LogP contribution is 2.15. The van der Waals surface area contributed by atoms with E-state index in [9.17, 15) is 9.59 Å². The molecule has 5 heteroatoms. The minimum absolute atomic E-state index is 0.0593. The molecule has 27 heavy (non-hydrogen) atoms. The summed E-state index contributed by atoms with van der Waals surface area (Å²) in [5, 5.41) is 2.98. The molecule has 2 amide bonds. The van der Waals surface area contributed by atoms with Crippen molar-refractivity contribution in [2.24, 2.45) is 0 Å². The van der Waals surface area contributed by atoms with E-state index in [2.05, 4.69) is 21.2 Å². The zero-order chi connectivity index (χ0) is 19.8. The first-order valence-corrected chi connectivity index (χ1v) is 10.1. The van der Waals surface area contributed by atoms with Crippen LogP contribution < -0.4 is 5.32 Å². The predicted molar refractivity (Wildman–Crippen MR) is 112 cm³/mol. The Morgan fingerprint density at radius 1 is 1.00 bits per heavy atom. The first-order chi connectivity index (χ1) is 12.9. The molecule has 0 fully saturated rings. The van der Waals surface area contributed by atoms with E-state index in [1.165, 1.54) is 0 Å². The monoisotopic (exact) mass is 430 g/mol. The number of carbonyl (C=O) groups is 2. The summed E-state index contributed by atoms with van der Waals surface area (Å²) in [5.74, 6) is -0.182. The van der Waals surface area contributed by atoms with Crippen molar-refractivity contribution in [1.82, 2.24) is 10.2 Å². The van der Waals surface area contributed by atoms with Gasteiger partial charge in [-0.2, -0.15) is 0 Å². The lowest BCUT2D eigenvalue weighted by Gasteiger charge is -2.30. The molecule has 0 aliphatic carbocycles. The Bertz CT molecular complexity index is 747. The summed E-state index contributed by atoms with van der Waals surface area (Å²) in [6.07, 6.45) is 1.13. The van der Waals surface area contributed by atoms with Gasteiger partial charge in [0.25, 0.3) is 0 Å². The largest absolute Gasteiger partial charge is 0.352 e. The lowest BCUT2D eigenvalue weighted by Crippen LogP contribution is -2.49. The molecule has 0 radical (unpaired) electrons. The molecule has 2 aromatic rings. The van der Waals surface area contributed by atoms with Crippen molar-refractivity contribution in [3.63, 3.8) is 0 Å². The van der Waals surface area contributed by atoms with E-state index in [0.29, 0.717) is 6.54 Å². The van der Waals surface area contributed by atoms with Crippen molar-refractivity contribution in [2.45, 2.75) is 52.2 Å². The molecule has 0 aliphatic rings. The molecule has 1 N–H and O–H groups in total. The van der Waals surface area contributed by atoms with Gasteiger partial charge in [0.2, 0.25) is 11.8 Å². The fraction of sp³-hybridized carbons (Fsp3) is 0.364. The van der Waals surface area contributed by atoms with Crippen LogP contribution in [0.5, 0.6) is 0 Å². The molecular formula is C22H27BrN2O2. The van der Waals surface area contributed by atoms with Gasteiger partial charge in [-0.1, -0.05) is 65.3 Å². The number of amides is 2. The Morgan fingerprint density at radius 2 is 1.63 bits per heavy atom. The van der Waals surface area contributed by atoms with Crippen LogP contribution in [0.3, 0.4) is 0 Å². The van der Waals surface area contributed by atoms with Gasteiger partial charge in [-0.25, -0.2) is 0 Å². The van der Waals surface area contributed by atoms with E-state index in [4.69, 9.17) is 0 Å². The average Bonchev–Trinajstić information content (AvgIpc) is 2.67. The molecule has 2 aromatic carbocycles. The number of nitrogens with one attached hydrogen (secondary N) is 1. The van der Waals surface area contributed by atoms with E-state index in [-0.39, 0.29) is 24.3 Å². The maximum atomic E-state index is 13.0. The molecule has 144 valence electrons. The van der Waals surface area contributed by atoms with Crippen LogP contribution in [0, 0.1) is 0 Å². The average molecular weight is 431 g/mol. The van der Waals surface area contributed by atoms with Crippen molar-refractivity contribution in [2.75, 3.05) is 0 Å². The number of hydrogen-bond acceptors (Lipinski definition) is 2. The van der Waals surface area contributed by atoms with Crippen LogP contribution in [0.25, 0.3) is 0 Å². The van der Waals surface area contributed by atoms with Crippen LogP contribution in [0.1, 0.15) is 38.3 Å². The van der Waals surface area contributed by atoms with Gasteiger partial charge >= 0.3 is 0 Å². The van der Waals surface area contributed by atoms with Crippen LogP contribution in [-0.2, 0) is 22.6 Å². The van der Waals surface area contributed by atoms with Gasteiger partial charge in [-0.05, 0) is 43.5 Å². The van der Waals surface area contributed by atoms with Crippen LogP contribution in [0.2, 0.25) is 0 Å². The fourth-order valence-corrected chi connectivity index (χ4v) is 2.97. The number of rotatable bonds is 8. The molecular weight excluding hydrogens is 404 g/mol. The zero-order valence-electron chi connectivity index (χ0n) is 16.1. The standard InChI is InChI=1S/C22H27BrN2O2/c1-4-16(2)24-22(27)17(3)25(15-19-10-12-20(23)13-11-19)21(26)14-18-8-6-5-7-9-18/h5-13,16-17H,4,14-15H2,1-3H3,(H,24,27)/t16-,17-/m1/s1. The van der Waals surface area contributed by atoms with E-state index in [0.717, 1.165) is 22.0 Å². The first-order valence-electron chi connectivity index (χ1n) is 9.29. The minimum Gasteiger partial charge on any atom is -0.352 e. The molecule has 0 spiro atoms. The van der Waals surface area contributed by atoms with E-state index >= 15 is 0 Å². The normalized spacial score (nSPS) is 12.9. The third-order valence-electron chi connectivity index (χ3n) is 4.63. The Labute approximate surface area is 170 Å². The van der Waals surface area contributed by atoms with E-state index < -0.39 is 6.04 Å². The second-order valence-corrected chi connectivity index (χ2v) is 7.72. The summed E-state index contributed by atoms with van der Waals surface area (Å²) in [6.45, 7) is 6.18. The topological polar surface area (TPSA) is 49.4 Å². The van der Waals surface area contributed by atoms with Gasteiger partial charge in [0.15, 0.2) is 0 Å². The van der Waals surface area contributed by atoms with E-state index in [1.54, 1.807) is 11.8 Å². The van der Waals surface area contributed by atoms with Gasteiger partial charge in [0, 0.05) is 17.1 Å². The van der Waals surface area contributed by atoms with Crippen molar-refractivity contribution in [1.29, 1.82) is 0 Å². The van der Waals surface area contributed by atoms with Crippen LogP contribution >= 0.6 is 15.9 Å². The summed E-state index contributed by atoms with van der Waals surface area (Å²) in [6, 6.07) is 17.0. The second-order valence-electron chi connectivity index (χ2n) is 6.80. The molecule has 0 bridgehead atoms. The summed E-state index contributed by atoms with van der Waals surface area (Å²) >= 11 is 3.43. The van der Waals surface area contributed by atoms with Crippen LogP contribution in [0.4, 0.5) is 0 Å². The summed E-state index contributed by atoms with van der Waals surface area (Å²) in [5.41, 5.74) is 1.93. The Balaban J connectivity index is 2.19. The quantitative estimate of drug-likeness (QED) is 0.677. The molecule has 0 saturated heterocycles. The van der Waals surface area contributed by atoms with Crippen molar-refractivity contribution >= 4 is 27.7 Å². The maximum Gasteiger partial charge on any atom is 0.242 e. The Morgan fingerprint density at radius 3 is 2.22 bits per heavy atom. The van der Waals surface area contributed by atoms with E-state index in [1.807, 2.05) is 68.4 Å². The van der Waals surface area contributed by atoms with Crippen molar-refractivity contribution in [3.8, 4) is 0 Å². The summed E-state index contributed by atoms with van der Waals surface area (Å²) in [4.78, 5) is 27.3. The Hall–Kier alpha value is -2.14. The van der Waals surface area contributed by atoms with Gasteiger partial charge < -0.3 is 10.2 Å².